The summed E-state index contributed by atoms with van der Waals surface area (Å²) in [5.41, 5.74) is 1.53. The van der Waals surface area contributed by atoms with E-state index in [1.807, 2.05) is 58.9 Å². The molecule has 4 nitrogen and oxygen atoms in total. The first-order valence-electron chi connectivity index (χ1n) is 7.09. The largest absolute Gasteiger partial charge is 0.326 e. The minimum atomic E-state index is -0.0711. The molecular formula is C16H24N2O2. The molecular weight excluding hydrogens is 252 g/mol. The zero-order chi connectivity index (χ0) is 15.3. The van der Waals surface area contributed by atoms with Crippen molar-refractivity contribution >= 4 is 23.2 Å². The molecule has 1 aromatic rings. The molecule has 0 aliphatic heterocycles. The summed E-state index contributed by atoms with van der Waals surface area (Å²) in [5.74, 6) is -0.0673. The lowest BCUT2D eigenvalue weighted by atomic mass is 10.1. The van der Waals surface area contributed by atoms with Crippen LogP contribution in [0.15, 0.2) is 24.3 Å². The Balaban J connectivity index is 2.96. The molecule has 0 aliphatic rings. The van der Waals surface area contributed by atoms with Crippen LogP contribution in [0.5, 0.6) is 0 Å². The van der Waals surface area contributed by atoms with E-state index < -0.39 is 0 Å². The van der Waals surface area contributed by atoms with Gasteiger partial charge in [-0.1, -0.05) is 33.8 Å². The van der Waals surface area contributed by atoms with E-state index in [4.69, 9.17) is 0 Å². The van der Waals surface area contributed by atoms with Gasteiger partial charge in [0.05, 0.1) is 0 Å². The van der Waals surface area contributed by atoms with Crippen LogP contribution in [0.2, 0.25) is 0 Å². The molecule has 20 heavy (non-hydrogen) atoms. The number of rotatable bonds is 5. The van der Waals surface area contributed by atoms with E-state index >= 15 is 0 Å². The molecule has 1 aromatic carbocycles. The van der Waals surface area contributed by atoms with Gasteiger partial charge in [0.15, 0.2) is 0 Å². The Hall–Kier alpha value is -1.84. The first kappa shape index (κ1) is 16.2. The van der Waals surface area contributed by atoms with Gasteiger partial charge in [0, 0.05) is 29.8 Å². The maximum atomic E-state index is 12.2. The lowest BCUT2D eigenvalue weighted by molar-refractivity contribution is -0.121. The second-order valence-corrected chi connectivity index (χ2v) is 5.43. The van der Waals surface area contributed by atoms with Crippen molar-refractivity contribution in [3.05, 3.63) is 24.3 Å². The number of hydrogen-bond donors (Lipinski definition) is 1. The number of carbonyl (C=O) groups is 2. The van der Waals surface area contributed by atoms with Gasteiger partial charge >= 0.3 is 0 Å². The number of amides is 2. The van der Waals surface area contributed by atoms with E-state index in [2.05, 4.69) is 5.32 Å². The molecule has 110 valence electrons. The topological polar surface area (TPSA) is 49.4 Å². The molecule has 4 heteroatoms. The van der Waals surface area contributed by atoms with E-state index in [1.165, 1.54) is 0 Å². The third-order valence-corrected chi connectivity index (χ3v) is 3.03. The number of carbonyl (C=O) groups excluding carboxylic acids is 2. The van der Waals surface area contributed by atoms with Gasteiger partial charge in [-0.15, -0.1) is 0 Å². The van der Waals surface area contributed by atoms with Crippen LogP contribution in [0.4, 0.5) is 11.4 Å². The fraction of sp³-hybridized carbons (Fsp3) is 0.500. The van der Waals surface area contributed by atoms with Crippen LogP contribution in [0.3, 0.4) is 0 Å². The van der Waals surface area contributed by atoms with Crippen molar-refractivity contribution in [2.24, 2.45) is 11.8 Å². The number of anilines is 2. The van der Waals surface area contributed by atoms with Gasteiger partial charge in [0.2, 0.25) is 11.8 Å². The van der Waals surface area contributed by atoms with Gasteiger partial charge in [-0.25, -0.2) is 0 Å². The van der Waals surface area contributed by atoms with Gasteiger partial charge in [-0.05, 0) is 25.1 Å². The third kappa shape index (κ3) is 4.08. The Morgan fingerprint density at radius 3 is 2.30 bits per heavy atom. The van der Waals surface area contributed by atoms with Crippen LogP contribution in [-0.2, 0) is 9.59 Å². The van der Waals surface area contributed by atoms with Crippen molar-refractivity contribution in [3.63, 3.8) is 0 Å². The highest BCUT2D eigenvalue weighted by molar-refractivity contribution is 5.96. The standard InChI is InChI=1S/C16H24N2O2/c1-6-18(16(20)12(4)5)14-9-7-8-13(10-14)17-15(19)11(2)3/h7-12H,6H2,1-5H3,(H,17,19). The molecule has 2 amide bonds. The number of nitrogens with zero attached hydrogens (tertiary/aromatic N) is 1. The molecule has 0 fully saturated rings. The van der Waals surface area contributed by atoms with Gasteiger partial charge in [0.1, 0.15) is 0 Å². The van der Waals surface area contributed by atoms with E-state index in [9.17, 15) is 9.59 Å². The van der Waals surface area contributed by atoms with Crippen molar-refractivity contribution in [3.8, 4) is 0 Å². The van der Waals surface area contributed by atoms with Crippen LogP contribution < -0.4 is 10.2 Å². The van der Waals surface area contributed by atoms with Crippen molar-refractivity contribution in [2.75, 3.05) is 16.8 Å². The highest BCUT2D eigenvalue weighted by atomic mass is 16.2. The van der Waals surface area contributed by atoms with Gasteiger partial charge in [-0.3, -0.25) is 9.59 Å². The summed E-state index contributed by atoms with van der Waals surface area (Å²) in [5, 5.41) is 2.85. The molecule has 0 aliphatic carbocycles. The van der Waals surface area contributed by atoms with Crippen LogP contribution >= 0.6 is 0 Å². The zero-order valence-electron chi connectivity index (χ0n) is 12.9. The van der Waals surface area contributed by atoms with E-state index in [-0.39, 0.29) is 23.7 Å². The summed E-state index contributed by atoms with van der Waals surface area (Å²) < 4.78 is 0. The van der Waals surface area contributed by atoms with Crippen LogP contribution in [0, 0.1) is 11.8 Å². The van der Waals surface area contributed by atoms with Crippen LogP contribution in [0.1, 0.15) is 34.6 Å². The maximum Gasteiger partial charge on any atom is 0.229 e. The molecule has 0 unspecified atom stereocenters. The molecule has 0 saturated carbocycles. The predicted molar refractivity (Wildman–Crippen MR) is 82.8 cm³/mol. The predicted octanol–water partition coefficient (Wildman–Crippen LogP) is 3.29. The second kappa shape index (κ2) is 7.08. The lowest BCUT2D eigenvalue weighted by Crippen LogP contribution is -2.34. The highest BCUT2D eigenvalue weighted by Gasteiger charge is 2.17. The van der Waals surface area contributed by atoms with Crippen LogP contribution in [0.25, 0.3) is 0 Å². The molecule has 0 bridgehead atoms. The van der Waals surface area contributed by atoms with E-state index in [0.717, 1.165) is 11.4 Å². The van der Waals surface area contributed by atoms with Crippen molar-refractivity contribution in [1.82, 2.24) is 0 Å². The molecule has 0 saturated heterocycles. The van der Waals surface area contributed by atoms with Gasteiger partial charge < -0.3 is 10.2 Å². The monoisotopic (exact) mass is 276 g/mol. The molecule has 1 N–H and O–H groups in total. The Morgan fingerprint density at radius 2 is 1.80 bits per heavy atom. The first-order valence-corrected chi connectivity index (χ1v) is 7.09. The maximum absolute atomic E-state index is 12.2. The molecule has 0 aromatic heterocycles. The molecule has 0 heterocycles. The highest BCUT2D eigenvalue weighted by Crippen LogP contribution is 2.21. The van der Waals surface area contributed by atoms with Gasteiger partial charge in [0.25, 0.3) is 0 Å². The van der Waals surface area contributed by atoms with E-state index in [1.54, 1.807) is 4.90 Å². The summed E-state index contributed by atoms with van der Waals surface area (Å²) in [4.78, 5) is 25.6. The Morgan fingerprint density at radius 1 is 1.15 bits per heavy atom. The van der Waals surface area contributed by atoms with Gasteiger partial charge in [-0.2, -0.15) is 0 Å². The summed E-state index contributed by atoms with van der Waals surface area (Å²) >= 11 is 0. The molecule has 0 spiro atoms. The summed E-state index contributed by atoms with van der Waals surface area (Å²) in [6, 6.07) is 7.40. The SMILES string of the molecule is CCN(C(=O)C(C)C)c1cccc(NC(=O)C(C)C)c1. The number of benzene rings is 1. The molecule has 0 radical (unpaired) electrons. The minimum absolute atomic E-state index is 0.0274. The third-order valence-electron chi connectivity index (χ3n) is 3.03. The number of hydrogen-bond acceptors (Lipinski definition) is 2. The fourth-order valence-corrected chi connectivity index (χ4v) is 1.82. The Labute approximate surface area is 121 Å². The summed E-state index contributed by atoms with van der Waals surface area (Å²) in [6.07, 6.45) is 0. The average molecular weight is 276 g/mol. The molecule has 0 atom stereocenters. The Kier molecular flexibility index (Phi) is 5.74. The quantitative estimate of drug-likeness (QED) is 0.897. The lowest BCUT2D eigenvalue weighted by Gasteiger charge is -2.23. The molecule has 1 rings (SSSR count). The average Bonchev–Trinajstić information content (AvgIpc) is 2.39. The minimum Gasteiger partial charge on any atom is -0.326 e. The van der Waals surface area contributed by atoms with Crippen LogP contribution in [-0.4, -0.2) is 18.4 Å². The Bertz CT molecular complexity index is 481. The van der Waals surface area contributed by atoms with Crippen molar-refractivity contribution in [2.45, 2.75) is 34.6 Å². The zero-order valence-corrected chi connectivity index (χ0v) is 12.9. The normalized spacial score (nSPS) is 10.8. The fourth-order valence-electron chi connectivity index (χ4n) is 1.82. The summed E-state index contributed by atoms with van der Waals surface area (Å²) in [6.45, 7) is 10.0. The smallest absolute Gasteiger partial charge is 0.229 e. The van der Waals surface area contributed by atoms with Crippen molar-refractivity contribution in [1.29, 1.82) is 0 Å². The van der Waals surface area contributed by atoms with Crippen molar-refractivity contribution < 1.29 is 9.59 Å². The first-order chi connectivity index (χ1) is 9.36. The summed E-state index contributed by atoms with van der Waals surface area (Å²) in [7, 11) is 0. The number of nitrogens with one attached hydrogen (secondary N) is 1. The van der Waals surface area contributed by atoms with E-state index in [0.29, 0.717) is 6.54 Å². The second-order valence-electron chi connectivity index (χ2n) is 5.43.